The van der Waals surface area contributed by atoms with Crippen molar-refractivity contribution in [2.24, 2.45) is 12.8 Å². The average molecular weight is 443 g/mol. The number of aromatic amines is 1. The maximum Gasteiger partial charge on any atom is 0.267 e. The van der Waals surface area contributed by atoms with Crippen LogP contribution in [0.1, 0.15) is 21.7 Å². The van der Waals surface area contributed by atoms with Crippen molar-refractivity contribution < 1.29 is 9.90 Å². The first-order valence-corrected chi connectivity index (χ1v) is 10.3. The topological polar surface area (TPSA) is 153 Å². The molecule has 33 heavy (non-hydrogen) atoms. The fourth-order valence-corrected chi connectivity index (χ4v) is 3.76. The molecule has 0 atom stereocenters. The van der Waals surface area contributed by atoms with Gasteiger partial charge in [0.2, 0.25) is 5.82 Å². The molecule has 1 aromatic carbocycles. The number of carbonyl (C=O) groups excluding carboxylic acids is 1. The van der Waals surface area contributed by atoms with Crippen LogP contribution in [0.5, 0.6) is 5.75 Å². The van der Waals surface area contributed by atoms with Gasteiger partial charge in [-0.1, -0.05) is 30.3 Å². The molecular formula is C22H21N9O2. The van der Waals surface area contributed by atoms with Gasteiger partial charge in [0.05, 0.1) is 11.7 Å². The predicted octanol–water partition coefficient (Wildman–Crippen LogP) is 1.97. The second-order valence-electron chi connectivity index (χ2n) is 7.67. The zero-order valence-corrected chi connectivity index (χ0v) is 18.0. The number of aryl methyl sites for hydroxylation is 4. The van der Waals surface area contributed by atoms with Crippen LogP contribution >= 0.6 is 0 Å². The molecule has 0 radical (unpaired) electrons. The van der Waals surface area contributed by atoms with Crippen LogP contribution in [0.2, 0.25) is 0 Å². The van der Waals surface area contributed by atoms with E-state index in [9.17, 15) is 9.90 Å². The van der Waals surface area contributed by atoms with Gasteiger partial charge in [0.1, 0.15) is 22.8 Å². The van der Waals surface area contributed by atoms with Crippen molar-refractivity contribution in [2.75, 3.05) is 0 Å². The molecule has 5 aromatic rings. The van der Waals surface area contributed by atoms with Gasteiger partial charge >= 0.3 is 0 Å². The van der Waals surface area contributed by atoms with Crippen LogP contribution in [-0.4, -0.2) is 50.7 Å². The van der Waals surface area contributed by atoms with Crippen molar-refractivity contribution in [3.63, 3.8) is 0 Å². The van der Waals surface area contributed by atoms with Crippen LogP contribution in [0.3, 0.4) is 0 Å². The highest BCUT2D eigenvalue weighted by atomic mass is 16.3. The summed E-state index contributed by atoms with van der Waals surface area (Å²) < 4.78 is 3.32. The molecule has 11 heteroatoms. The third-order valence-corrected chi connectivity index (χ3v) is 5.47. The Morgan fingerprint density at radius 3 is 2.76 bits per heavy atom. The summed E-state index contributed by atoms with van der Waals surface area (Å²) in [5, 5.41) is 27.2. The fraction of sp³-hybridized carbons (Fsp3) is 0.182. The molecular weight excluding hydrogens is 422 g/mol. The Kier molecular flexibility index (Phi) is 4.85. The van der Waals surface area contributed by atoms with E-state index in [-0.39, 0.29) is 17.3 Å². The van der Waals surface area contributed by atoms with Crippen molar-refractivity contribution in [1.29, 1.82) is 0 Å². The minimum absolute atomic E-state index is 0.0129. The van der Waals surface area contributed by atoms with E-state index in [0.717, 1.165) is 12.0 Å². The number of carbonyl (C=O) groups is 1. The number of nitrogens with two attached hydrogens (primary N) is 1. The zero-order chi connectivity index (χ0) is 23.1. The highest BCUT2D eigenvalue weighted by Gasteiger charge is 2.23. The molecule has 0 saturated carbocycles. The molecule has 0 unspecified atom stereocenters. The minimum atomic E-state index is -0.661. The number of pyridine rings is 1. The average Bonchev–Trinajstić information content (AvgIpc) is 3.51. The van der Waals surface area contributed by atoms with Gasteiger partial charge in [-0.25, -0.2) is 9.97 Å². The Morgan fingerprint density at radius 1 is 1.21 bits per heavy atom. The van der Waals surface area contributed by atoms with Crippen LogP contribution in [0.4, 0.5) is 0 Å². The number of hydrogen-bond acceptors (Lipinski definition) is 7. The Hall–Kier alpha value is -4.54. The van der Waals surface area contributed by atoms with E-state index >= 15 is 0 Å². The van der Waals surface area contributed by atoms with Crippen LogP contribution in [0.25, 0.3) is 33.9 Å². The number of rotatable bonds is 6. The molecule has 0 fully saturated rings. The van der Waals surface area contributed by atoms with E-state index in [4.69, 9.17) is 5.73 Å². The molecule has 4 N–H and O–H groups in total. The van der Waals surface area contributed by atoms with E-state index < -0.39 is 5.91 Å². The largest absolute Gasteiger partial charge is 0.504 e. The van der Waals surface area contributed by atoms with Gasteiger partial charge < -0.3 is 10.8 Å². The van der Waals surface area contributed by atoms with E-state index in [1.165, 1.54) is 0 Å². The quantitative estimate of drug-likeness (QED) is 0.362. The second-order valence-corrected chi connectivity index (χ2v) is 7.67. The first-order valence-electron chi connectivity index (χ1n) is 10.3. The second kappa shape index (κ2) is 7.86. The molecule has 0 saturated heterocycles. The molecule has 0 bridgehead atoms. The molecule has 4 aromatic heterocycles. The SMILES string of the molecule is Cc1nn(CCc2ccccc2)c(-c2n[nH]c(-c3nc(C(N)=O)cc4c3cnn4C)n2)c1O. The number of H-pyrrole nitrogens is 1. The summed E-state index contributed by atoms with van der Waals surface area (Å²) in [5.41, 5.74) is 8.66. The summed E-state index contributed by atoms with van der Waals surface area (Å²) >= 11 is 0. The van der Waals surface area contributed by atoms with Gasteiger partial charge in [-0.05, 0) is 25.0 Å². The molecule has 5 rings (SSSR count). The van der Waals surface area contributed by atoms with Crippen LogP contribution in [0.15, 0.2) is 42.6 Å². The Labute approximate surface area is 187 Å². The van der Waals surface area contributed by atoms with Crippen LogP contribution in [0, 0.1) is 6.92 Å². The molecule has 0 aliphatic rings. The first-order chi connectivity index (χ1) is 15.9. The molecule has 166 valence electrons. The summed E-state index contributed by atoms with van der Waals surface area (Å²) in [6.07, 6.45) is 2.36. The van der Waals surface area contributed by atoms with Crippen molar-refractivity contribution in [3.8, 4) is 28.8 Å². The summed E-state index contributed by atoms with van der Waals surface area (Å²) in [4.78, 5) is 20.7. The lowest BCUT2D eigenvalue weighted by atomic mass is 10.1. The van der Waals surface area contributed by atoms with Gasteiger partial charge in [-0.15, -0.1) is 0 Å². The third-order valence-electron chi connectivity index (χ3n) is 5.47. The lowest BCUT2D eigenvalue weighted by Crippen LogP contribution is -2.13. The summed E-state index contributed by atoms with van der Waals surface area (Å²) in [6.45, 7) is 2.26. The lowest BCUT2D eigenvalue weighted by Gasteiger charge is -2.05. The van der Waals surface area contributed by atoms with Gasteiger partial charge in [0.25, 0.3) is 5.91 Å². The number of aromatic nitrogens is 8. The smallest absolute Gasteiger partial charge is 0.267 e. The Morgan fingerprint density at radius 2 is 2.00 bits per heavy atom. The molecule has 4 heterocycles. The number of benzene rings is 1. The number of nitrogens with zero attached hydrogens (tertiary/aromatic N) is 7. The van der Waals surface area contributed by atoms with Gasteiger partial charge in [0.15, 0.2) is 11.6 Å². The third kappa shape index (κ3) is 3.59. The van der Waals surface area contributed by atoms with Crippen molar-refractivity contribution in [1.82, 2.24) is 39.7 Å². The van der Waals surface area contributed by atoms with Gasteiger partial charge in [0, 0.05) is 19.0 Å². The zero-order valence-electron chi connectivity index (χ0n) is 18.0. The maximum atomic E-state index is 11.8. The molecule has 0 aliphatic heterocycles. The summed E-state index contributed by atoms with van der Waals surface area (Å²) in [6, 6.07) is 11.6. The summed E-state index contributed by atoms with van der Waals surface area (Å²) in [5.74, 6) is -0.0660. The Balaban J connectivity index is 1.56. The minimum Gasteiger partial charge on any atom is -0.504 e. The van der Waals surface area contributed by atoms with Gasteiger partial charge in [-0.2, -0.15) is 15.3 Å². The number of hydrogen-bond donors (Lipinski definition) is 3. The number of fused-ring (bicyclic) bond motifs is 1. The van der Waals surface area contributed by atoms with Crippen LogP contribution < -0.4 is 5.73 Å². The number of amides is 1. The lowest BCUT2D eigenvalue weighted by molar-refractivity contribution is 0.0996. The molecule has 1 amide bonds. The van der Waals surface area contributed by atoms with Crippen molar-refractivity contribution >= 4 is 16.8 Å². The number of primary amides is 1. The van der Waals surface area contributed by atoms with E-state index in [1.54, 1.807) is 35.6 Å². The van der Waals surface area contributed by atoms with Crippen LogP contribution in [-0.2, 0) is 20.0 Å². The molecule has 0 aliphatic carbocycles. The van der Waals surface area contributed by atoms with E-state index in [1.807, 2.05) is 30.3 Å². The highest BCUT2D eigenvalue weighted by Crippen LogP contribution is 2.32. The van der Waals surface area contributed by atoms with Crippen molar-refractivity contribution in [3.05, 3.63) is 59.5 Å². The number of nitrogens with one attached hydrogen (secondary N) is 1. The first kappa shape index (κ1) is 20.4. The van der Waals surface area contributed by atoms with Crippen molar-refractivity contribution in [2.45, 2.75) is 19.9 Å². The Bertz CT molecular complexity index is 1480. The fourth-order valence-electron chi connectivity index (χ4n) is 3.76. The highest BCUT2D eigenvalue weighted by molar-refractivity contribution is 5.99. The standard InChI is InChI=1S/C22H21N9O2/c1-12-19(32)18(31(29-12)9-8-13-6-4-3-5-7-13)22-26-21(27-28-22)17-14-11-24-30(2)16(14)10-15(25-17)20(23)33/h3-7,10-11,32H,8-9H2,1-2H3,(H2,23,33)(H,26,27,28). The molecule has 11 nitrogen and oxygen atoms in total. The normalized spacial score (nSPS) is 11.3. The predicted molar refractivity (Wildman–Crippen MR) is 120 cm³/mol. The monoisotopic (exact) mass is 443 g/mol. The molecule has 0 spiro atoms. The van der Waals surface area contributed by atoms with Gasteiger partial charge in [-0.3, -0.25) is 19.3 Å². The van der Waals surface area contributed by atoms with E-state index in [0.29, 0.717) is 40.4 Å². The maximum absolute atomic E-state index is 11.8. The van der Waals surface area contributed by atoms with E-state index in [2.05, 4.69) is 30.4 Å². The summed E-state index contributed by atoms with van der Waals surface area (Å²) in [7, 11) is 1.76. The number of aromatic hydroxyl groups is 1.